The van der Waals surface area contributed by atoms with Gasteiger partial charge in [-0.2, -0.15) is 0 Å². The van der Waals surface area contributed by atoms with Gasteiger partial charge in [0.25, 0.3) is 0 Å². The predicted octanol–water partition coefficient (Wildman–Crippen LogP) is 7.76. The molecule has 1 atom stereocenters. The van der Waals surface area contributed by atoms with E-state index in [0.717, 1.165) is 17.6 Å². The van der Waals surface area contributed by atoms with Crippen molar-refractivity contribution in [3.8, 4) is 0 Å². The molecule has 0 aromatic carbocycles. The lowest BCUT2D eigenvalue weighted by atomic mass is 10.1. The van der Waals surface area contributed by atoms with E-state index in [1.54, 1.807) is 0 Å². The van der Waals surface area contributed by atoms with Crippen LogP contribution in [-0.4, -0.2) is 41.9 Å². The van der Waals surface area contributed by atoms with Gasteiger partial charge in [-0.15, -0.1) is 0 Å². The standard InChI is InChI=1S/C27H58NO.C3H6O2/c1-5-7-9-11-13-15-17-19-21-23-25-28(4,27(3)29)26-24-22-20-18-16-14-12-10-8-6-2;1-2-3(4)5/h27,29H,5-26H2,1-4H3;2H2,1H3,(H,4,5)/q+1;/p-1. The predicted molar refractivity (Wildman–Crippen MR) is 147 cm³/mol. The largest absolute Gasteiger partial charge is 0.550 e. The number of hydrogen-bond donors (Lipinski definition) is 1. The number of hydrogen-bond acceptors (Lipinski definition) is 3. The molecule has 4 nitrogen and oxygen atoms in total. The van der Waals surface area contributed by atoms with Crippen LogP contribution in [0.3, 0.4) is 0 Å². The molecule has 0 saturated heterocycles. The average Bonchev–Trinajstić information content (AvgIpc) is 2.81. The molecule has 4 heteroatoms. The molecule has 0 fully saturated rings. The van der Waals surface area contributed by atoms with Crippen LogP contribution < -0.4 is 5.11 Å². The minimum absolute atomic E-state index is 0.111. The zero-order chi connectivity index (χ0) is 25.9. The van der Waals surface area contributed by atoms with Crippen LogP contribution in [0.4, 0.5) is 0 Å². The number of nitrogens with zero attached hydrogens (tertiary/aromatic N) is 1. The molecule has 0 aliphatic rings. The lowest BCUT2D eigenvalue weighted by Crippen LogP contribution is -2.52. The molecule has 1 unspecified atom stereocenters. The number of aliphatic carboxylic acids is 1. The molecule has 0 amide bonds. The van der Waals surface area contributed by atoms with Crippen LogP contribution in [0.15, 0.2) is 0 Å². The summed E-state index contributed by atoms with van der Waals surface area (Å²) >= 11 is 0. The summed E-state index contributed by atoms with van der Waals surface area (Å²) in [4.78, 5) is 9.26. The van der Waals surface area contributed by atoms with E-state index in [-0.39, 0.29) is 12.6 Å². The average molecular weight is 486 g/mol. The van der Waals surface area contributed by atoms with Crippen molar-refractivity contribution >= 4 is 5.97 Å². The number of aliphatic hydroxyl groups is 1. The first-order chi connectivity index (χ1) is 16.3. The van der Waals surface area contributed by atoms with Gasteiger partial charge in [0, 0.05) is 12.9 Å². The third-order valence-corrected chi connectivity index (χ3v) is 7.24. The van der Waals surface area contributed by atoms with Crippen molar-refractivity contribution in [2.24, 2.45) is 0 Å². The first-order valence-corrected chi connectivity index (χ1v) is 15.1. The minimum Gasteiger partial charge on any atom is -0.550 e. The smallest absolute Gasteiger partial charge is 0.187 e. The molecule has 0 aromatic rings. The SMILES string of the molecule is CCC(=O)[O-].CCCCCCCCCCCC[N+](C)(CCCCCCCCCCCC)C(C)O. The molecule has 0 aliphatic carbocycles. The Kier molecular flexibility index (Phi) is 28.2. The maximum Gasteiger partial charge on any atom is 0.187 e. The topological polar surface area (TPSA) is 60.4 Å². The zero-order valence-corrected chi connectivity index (χ0v) is 24.1. The molecule has 1 N–H and O–H groups in total. The van der Waals surface area contributed by atoms with Crippen molar-refractivity contribution in [3.63, 3.8) is 0 Å². The number of carbonyl (C=O) groups excluding carboxylic acids is 1. The number of carboxylic acid groups (broad SMARTS) is 1. The molecule has 0 heterocycles. The Labute approximate surface area is 214 Å². The zero-order valence-electron chi connectivity index (χ0n) is 24.1. The molecule has 0 aliphatic heterocycles. The van der Waals surface area contributed by atoms with Crippen molar-refractivity contribution in [1.29, 1.82) is 0 Å². The Hall–Kier alpha value is -0.610. The third-order valence-electron chi connectivity index (χ3n) is 7.24. The molecule has 34 heavy (non-hydrogen) atoms. The summed E-state index contributed by atoms with van der Waals surface area (Å²) < 4.78 is 0.855. The van der Waals surface area contributed by atoms with Gasteiger partial charge in [-0.3, -0.25) is 0 Å². The fraction of sp³-hybridized carbons (Fsp3) is 0.967. The molecule has 0 bridgehead atoms. The van der Waals surface area contributed by atoms with Crippen LogP contribution in [-0.2, 0) is 4.79 Å². The van der Waals surface area contributed by atoms with E-state index in [2.05, 4.69) is 20.9 Å². The fourth-order valence-electron chi connectivity index (χ4n) is 4.41. The number of aliphatic hydroxyl groups excluding tert-OH is 1. The lowest BCUT2D eigenvalue weighted by molar-refractivity contribution is -0.952. The number of unbranched alkanes of at least 4 members (excludes halogenated alkanes) is 18. The van der Waals surface area contributed by atoms with Gasteiger partial charge in [-0.1, -0.05) is 124 Å². The van der Waals surface area contributed by atoms with Crippen molar-refractivity contribution < 1.29 is 19.5 Å². The van der Waals surface area contributed by atoms with Crippen molar-refractivity contribution in [2.45, 2.75) is 169 Å². The highest BCUT2D eigenvalue weighted by molar-refractivity contribution is 5.63. The summed E-state index contributed by atoms with van der Waals surface area (Å²) in [5.74, 6) is -0.995. The molecule has 0 saturated carbocycles. The van der Waals surface area contributed by atoms with E-state index in [0.29, 0.717) is 0 Å². The summed E-state index contributed by atoms with van der Waals surface area (Å²) in [6.45, 7) is 10.4. The third kappa shape index (κ3) is 26.0. The quantitative estimate of drug-likeness (QED) is 0.0863. The summed E-state index contributed by atoms with van der Waals surface area (Å²) in [5, 5.41) is 19.6. The van der Waals surface area contributed by atoms with Gasteiger partial charge in [0.2, 0.25) is 0 Å². The van der Waals surface area contributed by atoms with Crippen molar-refractivity contribution in [1.82, 2.24) is 0 Å². The van der Waals surface area contributed by atoms with Crippen LogP contribution >= 0.6 is 0 Å². The highest BCUT2D eigenvalue weighted by Crippen LogP contribution is 2.17. The Balaban J connectivity index is 0. The summed E-state index contributed by atoms with van der Waals surface area (Å²) in [5.41, 5.74) is 0. The Bertz CT molecular complexity index is 388. The van der Waals surface area contributed by atoms with Crippen molar-refractivity contribution in [2.75, 3.05) is 20.1 Å². The maximum absolute atomic E-state index is 10.3. The normalized spacial score (nSPS) is 12.3. The summed E-state index contributed by atoms with van der Waals surface area (Å²) in [7, 11) is 2.27. The minimum atomic E-state index is -0.995. The molecule has 0 radical (unpaired) electrons. The van der Waals surface area contributed by atoms with E-state index in [9.17, 15) is 15.0 Å². The second-order valence-corrected chi connectivity index (χ2v) is 10.6. The van der Waals surface area contributed by atoms with E-state index in [1.165, 1.54) is 135 Å². The molecule has 0 aromatic heterocycles. The van der Waals surface area contributed by atoms with Crippen LogP contribution in [0, 0.1) is 0 Å². The van der Waals surface area contributed by atoms with E-state index >= 15 is 0 Å². The lowest BCUT2D eigenvalue weighted by Gasteiger charge is -2.37. The molecule has 0 spiro atoms. The Morgan fingerprint density at radius 1 is 0.618 bits per heavy atom. The monoisotopic (exact) mass is 485 g/mol. The number of rotatable bonds is 24. The summed E-state index contributed by atoms with van der Waals surface area (Å²) in [6.07, 6.45) is 27.6. The van der Waals surface area contributed by atoms with Crippen molar-refractivity contribution in [3.05, 3.63) is 0 Å². The maximum atomic E-state index is 10.3. The number of carbonyl (C=O) groups is 1. The Morgan fingerprint density at radius 2 is 0.853 bits per heavy atom. The van der Waals surface area contributed by atoms with Crippen LogP contribution in [0.1, 0.15) is 163 Å². The highest BCUT2D eigenvalue weighted by atomic mass is 16.4. The van der Waals surface area contributed by atoms with Crippen LogP contribution in [0.5, 0.6) is 0 Å². The van der Waals surface area contributed by atoms with Gasteiger partial charge in [0.05, 0.1) is 20.1 Å². The molecular formula is C30H63NO3. The second kappa shape index (κ2) is 27.0. The van der Waals surface area contributed by atoms with Crippen LogP contribution in [0.25, 0.3) is 0 Å². The van der Waals surface area contributed by atoms with Gasteiger partial charge < -0.3 is 19.5 Å². The number of quaternary nitrogens is 1. The van der Waals surface area contributed by atoms with Gasteiger partial charge in [-0.25, -0.2) is 0 Å². The van der Waals surface area contributed by atoms with E-state index in [1.807, 2.05) is 6.92 Å². The van der Waals surface area contributed by atoms with E-state index in [4.69, 9.17) is 0 Å². The van der Waals surface area contributed by atoms with E-state index < -0.39 is 5.97 Å². The van der Waals surface area contributed by atoms with Gasteiger partial charge in [-0.05, 0) is 32.1 Å². The molecular weight excluding hydrogens is 422 g/mol. The van der Waals surface area contributed by atoms with Gasteiger partial charge >= 0.3 is 0 Å². The first kappa shape index (κ1) is 35.6. The van der Waals surface area contributed by atoms with Crippen LogP contribution in [0.2, 0.25) is 0 Å². The van der Waals surface area contributed by atoms with Gasteiger partial charge in [0.15, 0.2) is 6.23 Å². The molecule has 206 valence electrons. The highest BCUT2D eigenvalue weighted by Gasteiger charge is 2.26. The fourth-order valence-corrected chi connectivity index (χ4v) is 4.41. The summed E-state index contributed by atoms with van der Waals surface area (Å²) in [6, 6.07) is 0. The Morgan fingerprint density at radius 3 is 1.06 bits per heavy atom. The molecule has 0 rings (SSSR count). The second-order valence-electron chi connectivity index (χ2n) is 10.6. The van der Waals surface area contributed by atoms with Gasteiger partial charge in [0.1, 0.15) is 0 Å². The number of carboxylic acids is 1. The first-order valence-electron chi connectivity index (χ1n) is 15.1.